The van der Waals surface area contributed by atoms with Gasteiger partial charge in [-0.1, -0.05) is 24.8 Å². The molecule has 4 N–H and O–H groups in total. The first-order chi connectivity index (χ1) is 11.3. The van der Waals surface area contributed by atoms with Gasteiger partial charge in [-0.15, -0.1) is 0 Å². The number of hydrogen-bond acceptors (Lipinski definition) is 5. The maximum absolute atomic E-state index is 12.8. The summed E-state index contributed by atoms with van der Waals surface area (Å²) in [6.45, 7) is 3.92. The van der Waals surface area contributed by atoms with Crippen LogP contribution in [0.3, 0.4) is 0 Å². The lowest BCUT2D eigenvalue weighted by atomic mass is 9.72. The van der Waals surface area contributed by atoms with Crippen molar-refractivity contribution in [3.8, 4) is 5.75 Å². The molecule has 0 spiro atoms. The van der Waals surface area contributed by atoms with Gasteiger partial charge in [-0.2, -0.15) is 8.42 Å². The van der Waals surface area contributed by atoms with Crippen LogP contribution in [0.4, 0.5) is 5.69 Å². The van der Waals surface area contributed by atoms with E-state index < -0.39 is 26.7 Å². The number of benzene rings is 1. The number of phenols is 1. The van der Waals surface area contributed by atoms with Gasteiger partial charge in [0.1, 0.15) is 10.6 Å². The number of rotatable bonds is 2. The highest BCUT2D eigenvalue weighted by atomic mass is 32.2. The van der Waals surface area contributed by atoms with Gasteiger partial charge in [-0.25, -0.2) is 4.99 Å². The van der Waals surface area contributed by atoms with Crippen molar-refractivity contribution in [1.82, 2.24) is 0 Å². The summed E-state index contributed by atoms with van der Waals surface area (Å²) in [5.74, 6) is -1.40. The Morgan fingerprint density at radius 1 is 1.38 bits per heavy atom. The van der Waals surface area contributed by atoms with Crippen molar-refractivity contribution in [3.05, 3.63) is 47.6 Å². The van der Waals surface area contributed by atoms with Crippen LogP contribution in [0, 0.1) is 5.92 Å². The zero-order valence-corrected chi connectivity index (χ0v) is 13.2. The van der Waals surface area contributed by atoms with E-state index in [9.17, 15) is 22.9 Å². The Kier molecular flexibility index (Phi) is 3.66. The SMILES string of the molecule is C=C1C2=CC=CCC2C(=O)c2c(O)cc(S(=O)(=O)O)c(N=CN)c21. The molecule has 0 amide bonds. The molecule has 0 bridgehead atoms. The fourth-order valence-corrected chi connectivity index (χ4v) is 3.74. The van der Waals surface area contributed by atoms with Crippen molar-refractivity contribution < 1.29 is 22.9 Å². The first-order valence-electron chi connectivity index (χ1n) is 6.99. The summed E-state index contributed by atoms with van der Waals surface area (Å²) >= 11 is 0. The number of aromatic hydroxyl groups is 1. The van der Waals surface area contributed by atoms with Crippen LogP contribution in [0.25, 0.3) is 5.57 Å². The van der Waals surface area contributed by atoms with E-state index in [0.717, 1.165) is 12.4 Å². The van der Waals surface area contributed by atoms with Crippen LogP contribution in [0.5, 0.6) is 5.75 Å². The molecule has 2 aliphatic rings. The Morgan fingerprint density at radius 2 is 2.08 bits per heavy atom. The van der Waals surface area contributed by atoms with Gasteiger partial charge in [0, 0.05) is 11.6 Å². The van der Waals surface area contributed by atoms with E-state index in [4.69, 9.17) is 5.73 Å². The molecule has 0 radical (unpaired) electrons. The van der Waals surface area contributed by atoms with Crippen LogP contribution < -0.4 is 5.73 Å². The van der Waals surface area contributed by atoms with Crippen molar-refractivity contribution in [1.29, 1.82) is 0 Å². The lowest BCUT2D eigenvalue weighted by Gasteiger charge is -2.30. The van der Waals surface area contributed by atoms with Gasteiger partial charge < -0.3 is 10.8 Å². The van der Waals surface area contributed by atoms with E-state index in [1.165, 1.54) is 0 Å². The Hall–Kier alpha value is -2.71. The largest absolute Gasteiger partial charge is 0.507 e. The van der Waals surface area contributed by atoms with Crippen LogP contribution in [0.2, 0.25) is 0 Å². The Balaban J connectivity index is 2.45. The van der Waals surface area contributed by atoms with Crippen molar-refractivity contribution in [2.24, 2.45) is 16.6 Å². The molecule has 3 rings (SSSR count). The predicted molar refractivity (Wildman–Crippen MR) is 89.0 cm³/mol. The van der Waals surface area contributed by atoms with Crippen LogP contribution in [0.15, 0.2) is 46.3 Å². The minimum absolute atomic E-state index is 0.0622. The molecule has 124 valence electrons. The van der Waals surface area contributed by atoms with Gasteiger partial charge in [-0.05, 0) is 17.6 Å². The first kappa shape index (κ1) is 16.2. The molecule has 2 aliphatic carbocycles. The number of allylic oxidation sites excluding steroid dienone is 5. The zero-order valence-electron chi connectivity index (χ0n) is 12.4. The number of nitrogens with two attached hydrogens (primary N) is 1. The highest BCUT2D eigenvalue weighted by Gasteiger charge is 2.39. The highest BCUT2D eigenvalue weighted by molar-refractivity contribution is 7.86. The second kappa shape index (κ2) is 5.43. The molecule has 0 fully saturated rings. The van der Waals surface area contributed by atoms with Crippen molar-refractivity contribution in [2.75, 3.05) is 0 Å². The molecule has 1 aromatic carbocycles. The highest BCUT2D eigenvalue weighted by Crippen LogP contribution is 2.49. The Bertz CT molecular complexity index is 971. The van der Waals surface area contributed by atoms with Crippen LogP contribution in [-0.4, -0.2) is 30.2 Å². The summed E-state index contributed by atoms with van der Waals surface area (Å²) in [5, 5.41) is 10.2. The molecule has 0 heterocycles. The third-order valence-electron chi connectivity index (χ3n) is 4.10. The number of nitrogens with zero attached hydrogens (tertiary/aromatic N) is 1. The molecule has 0 aliphatic heterocycles. The third-order valence-corrected chi connectivity index (χ3v) is 4.96. The number of carbonyl (C=O) groups excluding carboxylic acids is 1. The van der Waals surface area contributed by atoms with Crippen LogP contribution in [0.1, 0.15) is 22.3 Å². The van der Waals surface area contributed by atoms with Gasteiger partial charge in [0.15, 0.2) is 5.78 Å². The maximum Gasteiger partial charge on any atom is 0.296 e. The average molecular weight is 346 g/mol. The summed E-state index contributed by atoms with van der Waals surface area (Å²) in [4.78, 5) is 15.9. The lowest BCUT2D eigenvalue weighted by molar-refractivity contribution is 0.0935. The summed E-state index contributed by atoms with van der Waals surface area (Å²) < 4.78 is 32.7. The van der Waals surface area contributed by atoms with Gasteiger partial charge in [0.2, 0.25) is 0 Å². The molecular weight excluding hydrogens is 332 g/mol. The number of Topliss-reactive ketones (excluding diaryl/α,β-unsaturated/α-hetero) is 1. The summed E-state index contributed by atoms with van der Waals surface area (Å²) in [7, 11) is -4.70. The first-order valence-corrected chi connectivity index (χ1v) is 8.43. The van der Waals surface area contributed by atoms with E-state index in [1.807, 2.05) is 6.08 Å². The van der Waals surface area contributed by atoms with Crippen molar-refractivity contribution in [3.63, 3.8) is 0 Å². The number of aliphatic imine (C=N–C) groups is 1. The minimum Gasteiger partial charge on any atom is -0.507 e. The van der Waals surface area contributed by atoms with E-state index in [1.54, 1.807) is 12.2 Å². The smallest absolute Gasteiger partial charge is 0.296 e. The van der Waals surface area contributed by atoms with Gasteiger partial charge in [0.05, 0.1) is 23.5 Å². The lowest BCUT2D eigenvalue weighted by Crippen LogP contribution is -2.25. The van der Waals surface area contributed by atoms with Gasteiger partial charge >= 0.3 is 0 Å². The summed E-state index contributed by atoms with van der Waals surface area (Å²) in [6, 6.07) is 0.801. The maximum atomic E-state index is 12.8. The number of hydrogen-bond donors (Lipinski definition) is 3. The fraction of sp³-hybridized carbons (Fsp3) is 0.125. The second-order valence-electron chi connectivity index (χ2n) is 5.43. The number of ketones is 1. The molecule has 7 nitrogen and oxygen atoms in total. The molecular formula is C16H14N2O5S. The minimum atomic E-state index is -4.70. The molecule has 1 aromatic rings. The van der Waals surface area contributed by atoms with E-state index >= 15 is 0 Å². The third kappa shape index (κ3) is 2.27. The predicted octanol–water partition coefficient (Wildman–Crippen LogP) is 1.97. The van der Waals surface area contributed by atoms with Crippen LogP contribution in [-0.2, 0) is 10.1 Å². The van der Waals surface area contributed by atoms with Crippen molar-refractivity contribution >= 4 is 33.5 Å². The molecule has 1 unspecified atom stereocenters. The Morgan fingerprint density at radius 3 is 2.71 bits per heavy atom. The quantitative estimate of drug-likeness (QED) is 0.426. The molecule has 8 heteroatoms. The number of phenolic OH excluding ortho intramolecular Hbond substituents is 1. The summed E-state index contributed by atoms with van der Waals surface area (Å²) in [6.07, 6.45) is 6.61. The van der Waals surface area contributed by atoms with Crippen molar-refractivity contribution in [2.45, 2.75) is 11.3 Å². The average Bonchev–Trinajstić information content (AvgIpc) is 2.53. The second-order valence-corrected chi connectivity index (χ2v) is 6.82. The van der Waals surface area contributed by atoms with E-state index in [2.05, 4.69) is 11.6 Å². The molecule has 0 saturated carbocycles. The molecule has 0 saturated heterocycles. The van der Waals surface area contributed by atoms with Gasteiger partial charge in [-0.3, -0.25) is 9.35 Å². The topological polar surface area (TPSA) is 130 Å². The monoisotopic (exact) mass is 346 g/mol. The number of carbonyl (C=O) groups is 1. The van der Waals surface area contributed by atoms with E-state index in [0.29, 0.717) is 17.6 Å². The number of fused-ring (bicyclic) bond motifs is 2. The standard InChI is InChI=1S/C16H14N2O5S/c1-8-9-4-2-3-5-10(9)16(20)14-11(19)6-12(24(21,22)23)15(13(8)14)18-7-17/h2-4,6-7,10,19H,1,5H2,(H2,17,18)(H,21,22,23). The van der Waals surface area contributed by atoms with E-state index in [-0.39, 0.29) is 22.6 Å². The normalized spacial score (nSPS) is 20.0. The fourth-order valence-electron chi connectivity index (χ4n) is 3.08. The Labute approximate surface area is 138 Å². The summed E-state index contributed by atoms with van der Waals surface area (Å²) in [5.41, 5.74) is 6.04. The molecule has 1 atom stereocenters. The van der Waals surface area contributed by atoms with Gasteiger partial charge in [0.25, 0.3) is 10.1 Å². The molecule has 0 aromatic heterocycles. The van der Waals surface area contributed by atoms with Crippen LogP contribution >= 0.6 is 0 Å². The molecule has 24 heavy (non-hydrogen) atoms. The zero-order chi connectivity index (χ0) is 17.6.